The number of hydrogen-bond donors (Lipinski definition) is 1. The van der Waals surface area contributed by atoms with Crippen molar-refractivity contribution in [2.75, 3.05) is 49.4 Å². The Morgan fingerprint density at radius 3 is 3.04 bits per heavy atom. The monoisotopic (exact) mass is 417 g/mol. The molecule has 1 saturated heterocycles. The smallest absolute Gasteiger partial charge is 0.234 e. The maximum Gasteiger partial charge on any atom is 0.234 e. The molecule has 1 amide bonds. The maximum atomic E-state index is 12.3. The van der Waals surface area contributed by atoms with Crippen molar-refractivity contribution in [1.29, 1.82) is 0 Å². The van der Waals surface area contributed by atoms with Crippen molar-refractivity contribution in [3.8, 4) is 5.75 Å². The summed E-state index contributed by atoms with van der Waals surface area (Å²) in [7, 11) is 1.59. The molecular formula is C18H19N5O3S2. The third-order valence-electron chi connectivity index (χ3n) is 4.12. The maximum absolute atomic E-state index is 12.3. The highest BCUT2D eigenvalue weighted by Crippen LogP contribution is 2.34. The third kappa shape index (κ3) is 4.34. The van der Waals surface area contributed by atoms with Crippen LogP contribution >= 0.6 is 23.1 Å². The summed E-state index contributed by atoms with van der Waals surface area (Å²) in [5.41, 5.74) is 1.36. The van der Waals surface area contributed by atoms with E-state index in [-0.39, 0.29) is 11.7 Å². The SMILES string of the molecule is COc1cccc(NC(=O)CSc2ncnc3nc(N4CCOCC4)sc23)c1. The van der Waals surface area contributed by atoms with Gasteiger partial charge in [-0.05, 0) is 12.1 Å². The predicted octanol–water partition coefficient (Wildman–Crippen LogP) is 2.66. The number of hydrogen-bond acceptors (Lipinski definition) is 9. The molecule has 10 heteroatoms. The van der Waals surface area contributed by atoms with E-state index in [4.69, 9.17) is 9.47 Å². The summed E-state index contributed by atoms with van der Waals surface area (Å²) >= 11 is 2.94. The normalized spacial score (nSPS) is 14.2. The second-order valence-corrected chi connectivity index (χ2v) is 7.94. The molecule has 0 bridgehead atoms. The fraction of sp³-hybridized carbons (Fsp3) is 0.333. The van der Waals surface area contributed by atoms with Crippen LogP contribution in [0.25, 0.3) is 10.3 Å². The number of benzene rings is 1. The van der Waals surface area contributed by atoms with Crippen LogP contribution in [0.3, 0.4) is 0 Å². The fourth-order valence-corrected chi connectivity index (χ4v) is 4.69. The fourth-order valence-electron chi connectivity index (χ4n) is 2.75. The Labute approximate surface area is 170 Å². The molecule has 0 aliphatic carbocycles. The molecule has 1 aliphatic rings. The number of nitrogens with one attached hydrogen (secondary N) is 1. The number of methoxy groups -OCH3 is 1. The number of morpholine rings is 1. The molecule has 1 aliphatic heterocycles. The van der Waals surface area contributed by atoms with Gasteiger partial charge in [0.1, 0.15) is 21.8 Å². The summed E-state index contributed by atoms with van der Waals surface area (Å²) in [6, 6.07) is 7.27. The Kier molecular flexibility index (Phi) is 5.89. The quantitative estimate of drug-likeness (QED) is 0.484. The lowest BCUT2D eigenvalue weighted by Crippen LogP contribution is -2.36. The van der Waals surface area contributed by atoms with Crippen LogP contribution in [-0.4, -0.2) is 60.0 Å². The van der Waals surface area contributed by atoms with Crippen molar-refractivity contribution >= 4 is 50.2 Å². The lowest BCUT2D eigenvalue weighted by atomic mass is 10.3. The first-order valence-corrected chi connectivity index (χ1v) is 10.5. The molecular weight excluding hydrogens is 398 g/mol. The van der Waals surface area contributed by atoms with Crippen molar-refractivity contribution in [3.63, 3.8) is 0 Å². The van der Waals surface area contributed by atoms with Crippen molar-refractivity contribution in [2.45, 2.75) is 5.03 Å². The minimum atomic E-state index is -0.108. The summed E-state index contributed by atoms with van der Waals surface area (Å²) in [4.78, 5) is 27.8. The molecule has 0 spiro atoms. The highest BCUT2D eigenvalue weighted by molar-refractivity contribution is 8.00. The number of amides is 1. The number of nitrogens with zero attached hydrogens (tertiary/aromatic N) is 4. The number of thiazole rings is 1. The number of carbonyl (C=O) groups is 1. The van der Waals surface area contributed by atoms with Crippen LogP contribution in [0.15, 0.2) is 35.6 Å². The summed E-state index contributed by atoms with van der Waals surface area (Å²) < 4.78 is 11.5. The minimum Gasteiger partial charge on any atom is -0.497 e. The van der Waals surface area contributed by atoms with Gasteiger partial charge in [0.05, 0.1) is 26.1 Å². The Morgan fingerprint density at radius 1 is 1.36 bits per heavy atom. The van der Waals surface area contributed by atoms with Gasteiger partial charge in [-0.2, -0.15) is 4.98 Å². The van der Waals surface area contributed by atoms with Crippen molar-refractivity contribution < 1.29 is 14.3 Å². The number of fused-ring (bicyclic) bond motifs is 1. The van der Waals surface area contributed by atoms with E-state index >= 15 is 0 Å². The summed E-state index contributed by atoms with van der Waals surface area (Å²) in [5.74, 6) is 0.833. The highest BCUT2D eigenvalue weighted by Gasteiger charge is 2.18. The molecule has 146 valence electrons. The van der Waals surface area contributed by atoms with Gasteiger partial charge in [0, 0.05) is 24.8 Å². The van der Waals surface area contributed by atoms with E-state index in [1.54, 1.807) is 24.5 Å². The van der Waals surface area contributed by atoms with Crippen LogP contribution in [0.1, 0.15) is 0 Å². The van der Waals surface area contributed by atoms with Gasteiger partial charge in [-0.3, -0.25) is 4.79 Å². The number of carbonyl (C=O) groups excluding carboxylic acids is 1. The molecule has 0 unspecified atom stereocenters. The van der Waals surface area contributed by atoms with Gasteiger partial charge in [0.15, 0.2) is 10.8 Å². The zero-order valence-corrected chi connectivity index (χ0v) is 16.9. The second-order valence-electron chi connectivity index (χ2n) is 6.00. The molecule has 8 nitrogen and oxygen atoms in total. The van der Waals surface area contributed by atoms with Crippen LogP contribution in [0.5, 0.6) is 5.75 Å². The van der Waals surface area contributed by atoms with E-state index in [0.717, 1.165) is 27.9 Å². The van der Waals surface area contributed by atoms with E-state index in [1.165, 1.54) is 18.1 Å². The Bertz CT molecular complexity index is 975. The van der Waals surface area contributed by atoms with E-state index < -0.39 is 0 Å². The summed E-state index contributed by atoms with van der Waals surface area (Å²) in [6.07, 6.45) is 1.49. The molecule has 3 heterocycles. The van der Waals surface area contributed by atoms with Crippen molar-refractivity contribution in [1.82, 2.24) is 15.0 Å². The molecule has 28 heavy (non-hydrogen) atoms. The molecule has 0 atom stereocenters. The second kappa shape index (κ2) is 8.72. The Balaban J connectivity index is 1.43. The van der Waals surface area contributed by atoms with Crippen molar-refractivity contribution in [3.05, 3.63) is 30.6 Å². The average molecular weight is 418 g/mol. The zero-order chi connectivity index (χ0) is 19.3. The lowest BCUT2D eigenvalue weighted by molar-refractivity contribution is -0.113. The zero-order valence-electron chi connectivity index (χ0n) is 15.3. The van der Waals surface area contributed by atoms with Crippen LogP contribution < -0.4 is 15.0 Å². The first-order valence-electron chi connectivity index (χ1n) is 8.74. The van der Waals surface area contributed by atoms with E-state index in [0.29, 0.717) is 30.3 Å². The Hall–Kier alpha value is -2.43. The molecule has 3 aromatic rings. The van der Waals surface area contributed by atoms with Gasteiger partial charge in [0.2, 0.25) is 5.91 Å². The van der Waals surface area contributed by atoms with Crippen LogP contribution in [0, 0.1) is 0 Å². The minimum absolute atomic E-state index is 0.108. The molecule has 1 aromatic carbocycles. The highest BCUT2D eigenvalue weighted by atomic mass is 32.2. The van der Waals surface area contributed by atoms with E-state index in [9.17, 15) is 4.79 Å². The van der Waals surface area contributed by atoms with Crippen LogP contribution in [-0.2, 0) is 9.53 Å². The van der Waals surface area contributed by atoms with Gasteiger partial charge in [0.25, 0.3) is 0 Å². The van der Waals surface area contributed by atoms with Gasteiger partial charge < -0.3 is 19.7 Å². The van der Waals surface area contributed by atoms with Crippen LogP contribution in [0.4, 0.5) is 10.8 Å². The third-order valence-corrected chi connectivity index (χ3v) is 6.35. The summed E-state index contributed by atoms with van der Waals surface area (Å²) in [6.45, 7) is 3.04. The van der Waals surface area contributed by atoms with E-state index in [1.807, 2.05) is 18.2 Å². The molecule has 1 fully saturated rings. The molecule has 1 N–H and O–H groups in total. The number of anilines is 2. The van der Waals surface area contributed by atoms with Crippen molar-refractivity contribution in [2.24, 2.45) is 0 Å². The lowest BCUT2D eigenvalue weighted by Gasteiger charge is -2.25. The summed E-state index contributed by atoms with van der Waals surface area (Å²) in [5, 5.41) is 4.56. The van der Waals surface area contributed by atoms with Crippen LogP contribution in [0.2, 0.25) is 0 Å². The van der Waals surface area contributed by atoms with Gasteiger partial charge in [-0.25, -0.2) is 9.97 Å². The largest absolute Gasteiger partial charge is 0.497 e. The predicted molar refractivity (Wildman–Crippen MR) is 111 cm³/mol. The number of aromatic nitrogens is 3. The molecule has 0 saturated carbocycles. The first-order chi connectivity index (χ1) is 13.7. The van der Waals surface area contributed by atoms with Gasteiger partial charge in [-0.1, -0.05) is 29.2 Å². The number of rotatable bonds is 6. The standard InChI is InChI=1S/C18H19N5O3S2/c1-25-13-4-2-3-12(9-13)21-14(24)10-27-17-15-16(19-11-20-17)22-18(28-15)23-5-7-26-8-6-23/h2-4,9,11H,5-8,10H2,1H3,(H,21,24). The topological polar surface area (TPSA) is 89.5 Å². The number of thioether (sulfide) groups is 1. The number of ether oxygens (including phenoxy) is 2. The Morgan fingerprint density at radius 2 is 2.21 bits per heavy atom. The van der Waals surface area contributed by atoms with Gasteiger partial charge >= 0.3 is 0 Å². The first kappa shape index (κ1) is 18.9. The van der Waals surface area contributed by atoms with Gasteiger partial charge in [-0.15, -0.1) is 0 Å². The molecule has 4 rings (SSSR count). The molecule has 0 radical (unpaired) electrons. The van der Waals surface area contributed by atoms with E-state index in [2.05, 4.69) is 25.2 Å². The molecule has 2 aromatic heterocycles. The average Bonchev–Trinajstić information content (AvgIpc) is 3.18.